The normalized spacial score (nSPS) is 13.2. The summed E-state index contributed by atoms with van der Waals surface area (Å²) in [6.45, 7) is 5.15. The number of hydrogen-bond acceptors (Lipinski definition) is 3. The summed E-state index contributed by atoms with van der Waals surface area (Å²) in [5.74, 6) is 2.02. The first-order valence-electron chi connectivity index (χ1n) is 4.56. The minimum Gasteiger partial charge on any atom is -0.334 e. The van der Waals surface area contributed by atoms with Crippen LogP contribution >= 0.6 is 11.8 Å². The maximum Gasteiger partial charge on any atom is 0.0948 e. The van der Waals surface area contributed by atoms with Gasteiger partial charge in [-0.3, -0.25) is 0 Å². The molecular formula is C9H17N3S. The molecule has 1 aromatic heterocycles. The third-order valence-corrected chi connectivity index (χ3v) is 3.03. The lowest BCUT2D eigenvalue weighted by Gasteiger charge is -2.06. The lowest BCUT2D eigenvalue weighted by atomic mass is 10.4. The molecule has 1 atom stereocenters. The molecule has 1 rings (SSSR count). The Balaban J connectivity index is 2.36. The van der Waals surface area contributed by atoms with Crippen LogP contribution in [0, 0.1) is 0 Å². The lowest BCUT2D eigenvalue weighted by molar-refractivity contribution is 0.733. The molecule has 1 aromatic rings. The number of thioether (sulfide) groups is 1. The molecule has 0 saturated heterocycles. The third kappa shape index (κ3) is 3.40. The molecular weight excluding hydrogens is 182 g/mol. The van der Waals surface area contributed by atoms with Gasteiger partial charge in [-0.2, -0.15) is 11.8 Å². The fraction of sp³-hybridized carbons (Fsp3) is 0.667. The number of hydrogen-bond donors (Lipinski definition) is 1. The Morgan fingerprint density at radius 2 is 2.46 bits per heavy atom. The smallest absolute Gasteiger partial charge is 0.0948 e. The maximum absolute atomic E-state index is 5.66. The van der Waals surface area contributed by atoms with Gasteiger partial charge in [0, 0.05) is 36.0 Å². The molecule has 74 valence electrons. The maximum atomic E-state index is 5.66. The molecule has 3 nitrogen and oxygen atoms in total. The highest BCUT2D eigenvalue weighted by atomic mass is 32.2. The summed E-state index contributed by atoms with van der Waals surface area (Å²) in [6, 6.07) is 0.281. The highest BCUT2D eigenvalue weighted by Gasteiger charge is 2.01. The van der Waals surface area contributed by atoms with Gasteiger partial charge in [0.05, 0.1) is 6.33 Å². The van der Waals surface area contributed by atoms with Crippen LogP contribution in [0.3, 0.4) is 0 Å². The fourth-order valence-electron chi connectivity index (χ4n) is 1.10. The van der Waals surface area contributed by atoms with E-state index >= 15 is 0 Å². The number of nitrogens with zero attached hydrogens (tertiary/aromatic N) is 2. The van der Waals surface area contributed by atoms with Crippen LogP contribution in [0.2, 0.25) is 0 Å². The van der Waals surface area contributed by atoms with E-state index in [-0.39, 0.29) is 6.04 Å². The Hall–Kier alpha value is -0.480. The number of rotatable bonds is 5. The second kappa shape index (κ2) is 5.29. The van der Waals surface area contributed by atoms with Gasteiger partial charge < -0.3 is 10.3 Å². The molecule has 0 bridgehead atoms. The zero-order chi connectivity index (χ0) is 9.68. The summed E-state index contributed by atoms with van der Waals surface area (Å²) < 4.78 is 2.16. The zero-order valence-electron chi connectivity index (χ0n) is 8.23. The Morgan fingerprint density at radius 1 is 1.69 bits per heavy atom. The topological polar surface area (TPSA) is 43.8 Å². The fourth-order valence-corrected chi connectivity index (χ4v) is 2.04. The van der Waals surface area contributed by atoms with E-state index in [0.29, 0.717) is 0 Å². The SMILES string of the molecule is CCn1cncc1CSCC(C)N. The van der Waals surface area contributed by atoms with Crippen LogP contribution in [-0.2, 0) is 12.3 Å². The van der Waals surface area contributed by atoms with E-state index in [1.54, 1.807) is 0 Å². The van der Waals surface area contributed by atoms with Gasteiger partial charge in [-0.25, -0.2) is 4.98 Å². The molecule has 1 unspecified atom stereocenters. The van der Waals surface area contributed by atoms with Gasteiger partial charge in [-0.1, -0.05) is 0 Å². The van der Waals surface area contributed by atoms with Gasteiger partial charge in [-0.15, -0.1) is 0 Å². The highest BCUT2D eigenvalue weighted by molar-refractivity contribution is 7.98. The van der Waals surface area contributed by atoms with E-state index < -0.39 is 0 Å². The van der Waals surface area contributed by atoms with Crippen molar-refractivity contribution in [1.29, 1.82) is 0 Å². The van der Waals surface area contributed by atoms with Crippen molar-refractivity contribution in [1.82, 2.24) is 9.55 Å². The Labute approximate surface area is 83.7 Å². The first-order valence-corrected chi connectivity index (χ1v) is 5.71. The molecule has 0 aliphatic carbocycles. The second-order valence-electron chi connectivity index (χ2n) is 3.16. The van der Waals surface area contributed by atoms with E-state index in [2.05, 4.69) is 16.5 Å². The van der Waals surface area contributed by atoms with Gasteiger partial charge >= 0.3 is 0 Å². The summed E-state index contributed by atoms with van der Waals surface area (Å²) in [5.41, 5.74) is 6.94. The monoisotopic (exact) mass is 199 g/mol. The molecule has 4 heteroatoms. The van der Waals surface area contributed by atoms with Crippen molar-refractivity contribution >= 4 is 11.8 Å². The first kappa shape index (κ1) is 10.6. The highest BCUT2D eigenvalue weighted by Crippen LogP contribution is 2.12. The molecule has 0 saturated carbocycles. The van der Waals surface area contributed by atoms with Crippen LogP contribution in [-0.4, -0.2) is 21.3 Å². The predicted molar refractivity (Wildman–Crippen MR) is 57.7 cm³/mol. The molecule has 0 aliphatic rings. The molecule has 0 spiro atoms. The van der Waals surface area contributed by atoms with E-state index in [1.165, 1.54) is 5.69 Å². The van der Waals surface area contributed by atoms with Gasteiger partial charge in [0.2, 0.25) is 0 Å². The number of nitrogens with two attached hydrogens (primary N) is 1. The summed E-state index contributed by atoms with van der Waals surface area (Å²) >= 11 is 1.86. The van der Waals surface area contributed by atoms with Crippen molar-refractivity contribution in [3.8, 4) is 0 Å². The summed E-state index contributed by atoms with van der Waals surface area (Å²) in [4.78, 5) is 4.11. The van der Waals surface area contributed by atoms with Crippen LogP contribution in [0.4, 0.5) is 0 Å². The van der Waals surface area contributed by atoms with Crippen molar-refractivity contribution in [2.45, 2.75) is 32.2 Å². The minimum atomic E-state index is 0.281. The predicted octanol–water partition coefficient (Wildman–Crippen LogP) is 1.48. The quantitative estimate of drug-likeness (QED) is 0.781. The second-order valence-corrected chi connectivity index (χ2v) is 4.19. The molecule has 13 heavy (non-hydrogen) atoms. The van der Waals surface area contributed by atoms with E-state index in [9.17, 15) is 0 Å². The van der Waals surface area contributed by atoms with Crippen LogP contribution in [0.1, 0.15) is 19.5 Å². The Morgan fingerprint density at radius 3 is 3.08 bits per heavy atom. The average Bonchev–Trinajstić information content (AvgIpc) is 2.51. The molecule has 2 N–H and O–H groups in total. The molecule has 1 heterocycles. The number of imidazole rings is 1. The lowest BCUT2D eigenvalue weighted by Crippen LogP contribution is -2.17. The number of aryl methyl sites for hydroxylation is 1. The summed E-state index contributed by atoms with van der Waals surface area (Å²) in [6.07, 6.45) is 3.81. The van der Waals surface area contributed by atoms with E-state index in [0.717, 1.165) is 18.1 Å². The molecule has 0 amide bonds. The number of aromatic nitrogens is 2. The van der Waals surface area contributed by atoms with Crippen molar-refractivity contribution in [2.24, 2.45) is 5.73 Å². The van der Waals surface area contributed by atoms with Crippen molar-refractivity contribution < 1.29 is 0 Å². The van der Waals surface area contributed by atoms with E-state index in [1.807, 2.05) is 31.2 Å². The van der Waals surface area contributed by atoms with Crippen molar-refractivity contribution in [3.63, 3.8) is 0 Å². The summed E-state index contributed by atoms with van der Waals surface area (Å²) in [7, 11) is 0. The molecule has 0 fully saturated rings. The van der Waals surface area contributed by atoms with Gasteiger partial charge in [0.15, 0.2) is 0 Å². The van der Waals surface area contributed by atoms with Crippen molar-refractivity contribution in [3.05, 3.63) is 18.2 Å². The van der Waals surface area contributed by atoms with Crippen LogP contribution in [0.5, 0.6) is 0 Å². The third-order valence-electron chi connectivity index (χ3n) is 1.77. The Kier molecular flexibility index (Phi) is 4.32. The van der Waals surface area contributed by atoms with Crippen LogP contribution in [0.15, 0.2) is 12.5 Å². The van der Waals surface area contributed by atoms with Gasteiger partial charge in [-0.05, 0) is 13.8 Å². The largest absolute Gasteiger partial charge is 0.334 e. The average molecular weight is 199 g/mol. The molecule has 0 radical (unpaired) electrons. The Bertz CT molecular complexity index is 245. The minimum absolute atomic E-state index is 0.281. The zero-order valence-corrected chi connectivity index (χ0v) is 9.05. The standard InChI is InChI=1S/C9H17N3S/c1-3-12-7-11-4-9(12)6-13-5-8(2)10/h4,7-8H,3,5-6,10H2,1-2H3. The summed E-state index contributed by atoms with van der Waals surface area (Å²) in [5, 5.41) is 0. The molecule has 0 aromatic carbocycles. The first-order chi connectivity index (χ1) is 6.24. The van der Waals surface area contributed by atoms with Gasteiger partial charge in [0.25, 0.3) is 0 Å². The van der Waals surface area contributed by atoms with Crippen LogP contribution in [0.25, 0.3) is 0 Å². The van der Waals surface area contributed by atoms with Gasteiger partial charge in [0.1, 0.15) is 0 Å². The van der Waals surface area contributed by atoms with Crippen molar-refractivity contribution in [2.75, 3.05) is 5.75 Å². The molecule has 0 aliphatic heterocycles. The van der Waals surface area contributed by atoms with E-state index in [4.69, 9.17) is 5.73 Å². The van der Waals surface area contributed by atoms with Crippen LogP contribution < -0.4 is 5.73 Å².